The van der Waals surface area contributed by atoms with Gasteiger partial charge in [0.15, 0.2) is 5.16 Å². The van der Waals surface area contributed by atoms with Gasteiger partial charge in [-0.15, -0.1) is 0 Å². The molecule has 0 aliphatic rings. The van der Waals surface area contributed by atoms with E-state index in [1.54, 1.807) is 29.1 Å². The summed E-state index contributed by atoms with van der Waals surface area (Å²) in [7, 11) is 0. The van der Waals surface area contributed by atoms with Crippen LogP contribution in [0, 0.1) is 10.1 Å². The number of aromatic nitrogens is 2. The first-order valence-electron chi connectivity index (χ1n) is 7.60. The molecule has 10 heteroatoms. The van der Waals surface area contributed by atoms with Crippen molar-refractivity contribution in [1.82, 2.24) is 9.55 Å². The van der Waals surface area contributed by atoms with Gasteiger partial charge >= 0.3 is 0 Å². The molecule has 0 radical (unpaired) electrons. The Kier molecular flexibility index (Phi) is 6.00. The average Bonchev–Trinajstić information content (AvgIpc) is 3.10. The van der Waals surface area contributed by atoms with E-state index >= 15 is 0 Å². The summed E-state index contributed by atoms with van der Waals surface area (Å²) in [6, 6.07) is 11.3. The number of carbonyl (C=O) groups is 1. The fourth-order valence-corrected chi connectivity index (χ4v) is 3.42. The number of anilines is 1. The molecule has 138 valence electrons. The minimum absolute atomic E-state index is 0.0252. The summed E-state index contributed by atoms with van der Waals surface area (Å²) in [6.07, 6.45) is 3.38. The van der Waals surface area contributed by atoms with Gasteiger partial charge < -0.3 is 5.32 Å². The molecule has 0 atom stereocenters. The zero-order valence-electron chi connectivity index (χ0n) is 13.6. The fraction of sp³-hybridized carbons (Fsp3) is 0.0588. The SMILES string of the molecule is O=C(CSc1nccn1-c1cccc(Cl)c1)Nc1ccc(Cl)cc1[N+](=O)[O-]. The second-order valence-corrected chi connectivity index (χ2v) is 7.13. The van der Waals surface area contributed by atoms with Gasteiger partial charge in [-0.05, 0) is 30.3 Å². The van der Waals surface area contributed by atoms with Crippen LogP contribution in [0.2, 0.25) is 10.0 Å². The van der Waals surface area contributed by atoms with E-state index in [1.807, 2.05) is 12.1 Å². The second-order valence-electron chi connectivity index (χ2n) is 5.32. The number of hydrogen-bond donors (Lipinski definition) is 1. The molecule has 2 aromatic carbocycles. The van der Waals surface area contributed by atoms with Crippen molar-refractivity contribution < 1.29 is 9.72 Å². The number of nitro benzene ring substituents is 1. The summed E-state index contributed by atoms with van der Waals surface area (Å²) in [5.41, 5.74) is 0.644. The number of nitro groups is 1. The van der Waals surface area contributed by atoms with E-state index in [0.29, 0.717) is 10.2 Å². The van der Waals surface area contributed by atoms with Crippen LogP contribution < -0.4 is 5.32 Å². The molecule has 7 nitrogen and oxygen atoms in total. The summed E-state index contributed by atoms with van der Waals surface area (Å²) >= 11 is 13.0. The van der Waals surface area contributed by atoms with Gasteiger partial charge in [0.1, 0.15) is 5.69 Å². The first-order chi connectivity index (χ1) is 12.9. The van der Waals surface area contributed by atoms with Crippen LogP contribution >= 0.6 is 35.0 Å². The standard InChI is InChI=1S/C17H12Cl2N4O3S/c18-11-2-1-3-13(8-11)22-7-6-20-17(22)27-10-16(24)21-14-5-4-12(19)9-15(14)23(25)26/h1-9H,10H2,(H,21,24). The Bertz CT molecular complexity index is 1010. The third-order valence-electron chi connectivity index (χ3n) is 3.46. The summed E-state index contributed by atoms with van der Waals surface area (Å²) in [5, 5.41) is 15.0. The molecule has 0 spiro atoms. The average molecular weight is 423 g/mol. The minimum Gasteiger partial charge on any atom is -0.320 e. The molecule has 27 heavy (non-hydrogen) atoms. The van der Waals surface area contributed by atoms with E-state index in [9.17, 15) is 14.9 Å². The van der Waals surface area contributed by atoms with Crippen LogP contribution in [0.5, 0.6) is 0 Å². The van der Waals surface area contributed by atoms with Gasteiger partial charge in [-0.25, -0.2) is 4.98 Å². The molecule has 1 N–H and O–H groups in total. The monoisotopic (exact) mass is 422 g/mol. The number of nitrogens with one attached hydrogen (secondary N) is 1. The molecule has 0 aliphatic heterocycles. The van der Waals surface area contributed by atoms with Crippen molar-refractivity contribution in [2.24, 2.45) is 0 Å². The van der Waals surface area contributed by atoms with E-state index in [1.165, 1.54) is 30.0 Å². The highest BCUT2D eigenvalue weighted by molar-refractivity contribution is 7.99. The van der Waals surface area contributed by atoms with Crippen molar-refractivity contribution in [3.63, 3.8) is 0 Å². The number of carbonyl (C=O) groups excluding carboxylic acids is 1. The topological polar surface area (TPSA) is 90.1 Å². The maximum absolute atomic E-state index is 12.2. The predicted molar refractivity (Wildman–Crippen MR) is 106 cm³/mol. The molecule has 0 bridgehead atoms. The fourth-order valence-electron chi connectivity index (χ4n) is 2.30. The molecule has 0 saturated carbocycles. The molecule has 3 aromatic rings. The van der Waals surface area contributed by atoms with Crippen LogP contribution in [0.3, 0.4) is 0 Å². The van der Waals surface area contributed by atoms with Crippen molar-refractivity contribution in [1.29, 1.82) is 0 Å². The first-order valence-corrected chi connectivity index (χ1v) is 9.34. The Morgan fingerprint density at radius 3 is 2.74 bits per heavy atom. The van der Waals surface area contributed by atoms with Crippen LogP contribution in [0.4, 0.5) is 11.4 Å². The zero-order valence-corrected chi connectivity index (χ0v) is 16.0. The zero-order chi connectivity index (χ0) is 19.4. The highest BCUT2D eigenvalue weighted by Gasteiger charge is 2.17. The number of rotatable bonds is 6. The largest absolute Gasteiger partial charge is 0.320 e. The number of benzene rings is 2. The highest BCUT2D eigenvalue weighted by atomic mass is 35.5. The lowest BCUT2D eigenvalue weighted by atomic mass is 10.2. The summed E-state index contributed by atoms with van der Waals surface area (Å²) in [4.78, 5) is 27.0. The molecule has 0 fully saturated rings. The molecule has 0 aliphatic carbocycles. The van der Waals surface area contributed by atoms with Gasteiger partial charge in [-0.3, -0.25) is 19.5 Å². The Hall–Kier alpha value is -2.55. The lowest BCUT2D eigenvalue weighted by Gasteiger charge is -2.09. The molecule has 0 saturated heterocycles. The minimum atomic E-state index is -0.597. The van der Waals surface area contributed by atoms with Gasteiger partial charge in [0.05, 0.1) is 10.7 Å². The Morgan fingerprint density at radius 1 is 1.22 bits per heavy atom. The number of thioether (sulfide) groups is 1. The van der Waals surface area contributed by atoms with E-state index in [4.69, 9.17) is 23.2 Å². The van der Waals surface area contributed by atoms with E-state index < -0.39 is 10.8 Å². The smallest absolute Gasteiger partial charge is 0.294 e. The first kappa shape index (κ1) is 19.2. The van der Waals surface area contributed by atoms with Gasteiger partial charge in [0.2, 0.25) is 5.91 Å². The predicted octanol–water partition coefficient (Wildman–Crippen LogP) is 4.82. The quantitative estimate of drug-likeness (QED) is 0.349. The Labute approximate surface area is 168 Å². The van der Waals surface area contributed by atoms with Gasteiger partial charge in [-0.2, -0.15) is 0 Å². The van der Waals surface area contributed by atoms with Crippen LogP contribution in [0.25, 0.3) is 5.69 Å². The van der Waals surface area contributed by atoms with Crippen molar-refractivity contribution in [2.75, 3.05) is 11.1 Å². The molecular weight excluding hydrogens is 411 g/mol. The molecule has 1 amide bonds. The second kappa shape index (κ2) is 8.43. The number of nitrogens with zero attached hydrogens (tertiary/aromatic N) is 3. The highest BCUT2D eigenvalue weighted by Crippen LogP contribution is 2.28. The molecule has 1 aromatic heterocycles. The third kappa shape index (κ3) is 4.79. The van der Waals surface area contributed by atoms with Gasteiger partial charge in [-0.1, -0.05) is 41.0 Å². The van der Waals surface area contributed by atoms with Crippen molar-refractivity contribution in [3.8, 4) is 5.69 Å². The molecule has 3 rings (SSSR count). The maximum atomic E-state index is 12.2. The van der Waals surface area contributed by atoms with Crippen molar-refractivity contribution in [2.45, 2.75) is 5.16 Å². The van der Waals surface area contributed by atoms with Crippen molar-refractivity contribution in [3.05, 3.63) is 75.0 Å². The maximum Gasteiger partial charge on any atom is 0.294 e. The molecule has 0 unspecified atom stereocenters. The number of halogens is 2. The number of imidazole rings is 1. The normalized spacial score (nSPS) is 10.6. The lowest BCUT2D eigenvalue weighted by Crippen LogP contribution is -2.15. The van der Waals surface area contributed by atoms with Crippen LogP contribution in [-0.4, -0.2) is 26.1 Å². The number of hydrogen-bond acceptors (Lipinski definition) is 5. The molecular formula is C17H12Cl2N4O3S. The van der Waals surface area contributed by atoms with Crippen LogP contribution in [0.15, 0.2) is 60.0 Å². The number of amides is 1. The Balaban J connectivity index is 1.69. The summed E-state index contributed by atoms with van der Waals surface area (Å²) in [5.74, 6) is -0.372. The Morgan fingerprint density at radius 2 is 2.00 bits per heavy atom. The third-order valence-corrected chi connectivity index (χ3v) is 4.89. The molecule has 1 heterocycles. The lowest BCUT2D eigenvalue weighted by molar-refractivity contribution is -0.383. The summed E-state index contributed by atoms with van der Waals surface area (Å²) in [6.45, 7) is 0. The van der Waals surface area contributed by atoms with E-state index in [-0.39, 0.29) is 22.2 Å². The van der Waals surface area contributed by atoms with Crippen LogP contribution in [-0.2, 0) is 4.79 Å². The van der Waals surface area contributed by atoms with Crippen molar-refractivity contribution >= 4 is 52.2 Å². The van der Waals surface area contributed by atoms with Gasteiger partial charge in [0.25, 0.3) is 5.69 Å². The van der Waals surface area contributed by atoms with Crippen LogP contribution in [0.1, 0.15) is 0 Å². The van der Waals surface area contributed by atoms with Gasteiger partial charge in [0, 0.05) is 34.2 Å². The van der Waals surface area contributed by atoms with E-state index in [2.05, 4.69) is 10.3 Å². The van der Waals surface area contributed by atoms with E-state index in [0.717, 1.165) is 5.69 Å². The summed E-state index contributed by atoms with van der Waals surface area (Å²) < 4.78 is 1.80.